The molecule has 0 saturated heterocycles. The van der Waals surface area contributed by atoms with Crippen LogP contribution >= 0.6 is 23.8 Å². The van der Waals surface area contributed by atoms with Crippen LogP contribution in [0.5, 0.6) is 11.5 Å². The highest BCUT2D eigenvalue weighted by atomic mass is 35.5. The van der Waals surface area contributed by atoms with E-state index < -0.39 is 0 Å². The summed E-state index contributed by atoms with van der Waals surface area (Å²) in [6.07, 6.45) is 0. The second kappa shape index (κ2) is 5.38. The Bertz CT molecular complexity index is 581. The number of benzene rings is 2. The molecule has 0 aromatic heterocycles. The zero-order chi connectivity index (χ0) is 13.1. The monoisotopic (exact) mass is 277 g/mol. The highest BCUT2D eigenvalue weighted by Gasteiger charge is 2.05. The van der Waals surface area contributed by atoms with Crippen molar-refractivity contribution in [2.45, 2.75) is 6.92 Å². The Labute approximate surface area is 116 Å². The summed E-state index contributed by atoms with van der Waals surface area (Å²) in [6.45, 7) is 2.02. The van der Waals surface area contributed by atoms with Crippen LogP contribution in [-0.4, -0.2) is 4.99 Å². The van der Waals surface area contributed by atoms with E-state index in [-0.39, 0.29) is 0 Å². The minimum Gasteiger partial charge on any atom is -0.456 e. The van der Waals surface area contributed by atoms with E-state index in [9.17, 15) is 0 Å². The fourth-order valence-electron chi connectivity index (χ4n) is 1.47. The number of hydrogen-bond donors (Lipinski definition) is 1. The predicted octanol–water partition coefficient (Wildman–Crippen LogP) is 4.07. The molecule has 0 unspecified atom stereocenters. The number of ether oxygens (including phenoxy) is 1. The minimum atomic E-state index is 0.318. The highest BCUT2D eigenvalue weighted by Crippen LogP contribution is 2.30. The van der Waals surface area contributed by atoms with Crippen LogP contribution in [0.2, 0.25) is 5.02 Å². The van der Waals surface area contributed by atoms with E-state index in [4.69, 9.17) is 34.3 Å². The van der Waals surface area contributed by atoms with Gasteiger partial charge in [0.2, 0.25) is 0 Å². The lowest BCUT2D eigenvalue weighted by atomic mass is 10.2. The van der Waals surface area contributed by atoms with Gasteiger partial charge in [-0.25, -0.2) is 0 Å². The van der Waals surface area contributed by atoms with Gasteiger partial charge in [0, 0.05) is 5.56 Å². The molecule has 0 spiro atoms. The Morgan fingerprint density at radius 1 is 1.17 bits per heavy atom. The molecule has 0 amide bonds. The van der Waals surface area contributed by atoms with Crippen LogP contribution in [0.4, 0.5) is 0 Å². The fraction of sp³-hybridized carbons (Fsp3) is 0.0714. The average Bonchev–Trinajstić information content (AvgIpc) is 2.34. The molecular weight excluding hydrogens is 266 g/mol. The smallest absolute Gasteiger partial charge is 0.146 e. The Kier molecular flexibility index (Phi) is 3.84. The molecule has 0 aliphatic rings. The van der Waals surface area contributed by atoms with Gasteiger partial charge in [0.05, 0.1) is 5.02 Å². The van der Waals surface area contributed by atoms with Gasteiger partial charge in [0.1, 0.15) is 16.5 Å². The zero-order valence-corrected chi connectivity index (χ0v) is 11.4. The molecule has 0 fully saturated rings. The largest absolute Gasteiger partial charge is 0.456 e. The second-order valence-corrected chi connectivity index (χ2v) is 4.77. The molecule has 0 aliphatic heterocycles. The van der Waals surface area contributed by atoms with Crippen LogP contribution in [0.15, 0.2) is 42.5 Å². The number of nitrogens with two attached hydrogens (primary N) is 1. The van der Waals surface area contributed by atoms with Crippen LogP contribution < -0.4 is 10.5 Å². The van der Waals surface area contributed by atoms with Crippen molar-refractivity contribution in [3.05, 3.63) is 58.6 Å². The molecular formula is C14H12ClNOS. The van der Waals surface area contributed by atoms with Gasteiger partial charge in [-0.2, -0.15) is 0 Å². The lowest BCUT2D eigenvalue weighted by Gasteiger charge is -2.09. The van der Waals surface area contributed by atoms with Crippen molar-refractivity contribution in [1.82, 2.24) is 0 Å². The van der Waals surface area contributed by atoms with Gasteiger partial charge in [-0.15, -0.1) is 0 Å². The summed E-state index contributed by atoms with van der Waals surface area (Å²) in [6, 6.07) is 13.0. The normalized spacial score (nSPS) is 10.1. The lowest BCUT2D eigenvalue weighted by molar-refractivity contribution is 0.483. The van der Waals surface area contributed by atoms with Gasteiger partial charge in [-0.3, -0.25) is 0 Å². The van der Waals surface area contributed by atoms with E-state index in [1.807, 2.05) is 31.2 Å². The molecule has 2 N–H and O–H groups in total. The van der Waals surface area contributed by atoms with E-state index >= 15 is 0 Å². The first kappa shape index (κ1) is 12.9. The first-order valence-electron chi connectivity index (χ1n) is 5.40. The van der Waals surface area contributed by atoms with Crippen LogP contribution in [0.1, 0.15) is 11.1 Å². The predicted molar refractivity (Wildman–Crippen MR) is 78.6 cm³/mol. The SMILES string of the molecule is Cc1ccc(Oc2ccc(C(N)=S)cc2Cl)cc1. The maximum absolute atomic E-state index is 6.11. The average molecular weight is 278 g/mol. The Morgan fingerprint density at radius 2 is 1.83 bits per heavy atom. The molecule has 0 saturated carbocycles. The van der Waals surface area contributed by atoms with E-state index in [1.165, 1.54) is 5.56 Å². The Morgan fingerprint density at radius 3 is 2.39 bits per heavy atom. The van der Waals surface area contributed by atoms with Gasteiger partial charge in [-0.05, 0) is 37.3 Å². The third kappa shape index (κ3) is 3.00. The van der Waals surface area contributed by atoms with E-state index in [2.05, 4.69) is 0 Å². The van der Waals surface area contributed by atoms with Gasteiger partial charge in [-0.1, -0.05) is 41.5 Å². The van der Waals surface area contributed by atoms with E-state index in [0.717, 1.165) is 11.3 Å². The number of thiocarbonyl (C=S) groups is 1. The Balaban J connectivity index is 2.24. The van der Waals surface area contributed by atoms with Crippen LogP contribution in [0.3, 0.4) is 0 Å². The minimum absolute atomic E-state index is 0.318. The summed E-state index contributed by atoms with van der Waals surface area (Å²) in [5.74, 6) is 1.33. The van der Waals surface area contributed by atoms with E-state index in [1.54, 1.807) is 18.2 Å². The third-order valence-corrected chi connectivity index (χ3v) is 3.00. The second-order valence-electron chi connectivity index (χ2n) is 3.92. The quantitative estimate of drug-likeness (QED) is 0.859. The molecule has 0 aliphatic carbocycles. The summed E-state index contributed by atoms with van der Waals surface area (Å²) in [4.78, 5) is 0.318. The first-order chi connectivity index (χ1) is 8.56. The van der Waals surface area contributed by atoms with Gasteiger partial charge in [0.15, 0.2) is 0 Å². The molecule has 0 radical (unpaired) electrons. The summed E-state index contributed by atoms with van der Waals surface area (Å²) >= 11 is 11.0. The molecule has 2 aromatic carbocycles. The summed E-state index contributed by atoms with van der Waals surface area (Å²) in [7, 11) is 0. The summed E-state index contributed by atoms with van der Waals surface area (Å²) in [5, 5.41) is 0.487. The molecule has 2 aromatic rings. The van der Waals surface area contributed by atoms with Gasteiger partial charge >= 0.3 is 0 Å². The van der Waals surface area contributed by atoms with Crippen LogP contribution in [-0.2, 0) is 0 Å². The molecule has 2 nitrogen and oxygen atoms in total. The van der Waals surface area contributed by atoms with Crippen molar-refractivity contribution in [3.63, 3.8) is 0 Å². The number of halogens is 1. The highest BCUT2D eigenvalue weighted by molar-refractivity contribution is 7.80. The molecule has 4 heteroatoms. The maximum Gasteiger partial charge on any atom is 0.146 e. The fourth-order valence-corrected chi connectivity index (χ4v) is 1.82. The van der Waals surface area contributed by atoms with Crippen molar-refractivity contribution < 1.29 is 4.74 Å². The number of aryl methyl sites for hydroxylation is 1. The van der Waals surface area contributed by atoms with Crippen molar-refractivity contribution in [2.24, 2.45) is 5.73 Å². The van der Waals surface area contributed by atoms with E-state index in [0.29, 0.717) is 15.8 Å². The van der Waals surface area contributed by atoms with Crippen LogP contribution in [0.25, 0.3) is 0 Å². The van der Waals surface area contributed by atoms with Crippen LogP contribution in [0, 0.1) is 6.92 Å². The topological polar surface area (TPSA) is 35.2 Å². The summed E-state index contributed by atoms with van der Waals surface area (Å²) < 4.78 is 5.68. The van der Waals surface area contributed by atoms with Crippen molar-refractivity contribution in [2.75, 3.05) is 0 Å². The van der Waals surface area contributed by atoms with Crippen molar-refractivity contribution in [3.8, 4) is 11.5 Å². The molecule has 2 rings (SSSR count). The lowest BCUT2D eigenvalue weighted by Crippen LogP contribution is -2.08. The molecule has 92 valence electrons. The van der Waals surface area contributed by atoms with Crippen molar-refractivity contribution in [1.29, 1.82) is 0 Å². The molecule has 0 heterocycles. The standard InChI is InChI=1S/C14H12ClNOS/c1-9-2-5-11(6-3-9)17-13-7-4-10(14(16)18)8-12(13)15/h2-8H,1H3,(H2,16,18). The van der Waals surface area contributed by atoms with Crippen molar-refractivity contribution >= 4 is 28.8 Å². The van der Waals surface area contributed by atoms with Gasteiger partial charge < -0.3 is 10.5 Å². The first-order valence-corrected chi connectivity index (χ1v) is 6.19. The summed E-state index contributed by atoms with van der Waals surface area (Å²) in [5.41, 5.74) is 7.44. The number of hydrogen-bond acceptors (Lipinski definition) is 2. The molecule has 0 atom stereocenters. The Hall–Kier alpha value is -1.58. The maximum atomic E-state index is 6.11. The third-order valence-electron chi connectivity index (χ3n) is 2.47. The van der Waals surface area contributed by atoms with Gasteiger partial charge in [0.25, 0.3) is 0 Å². The zero-order valence-electron chi connectivity index (χ0n) is 9.81. The molecule has 18 heavy (non-hydrogen) atoms. The number of rotatable bonds is 3. The molecule has 0 bridgehead atoms.